The van der Waals surface area contributed by atoms with E-state index in [1.54, 1.807) is 0 Å². The lowest BCUT2D eigenvalue weighted by molar-refractivity contribution is -0.123. The molecule has 2 atom stereocenters. The topological polar surface area (TPSA) is 55.1 Å². The normalized spacial score (nSPS) is 24.6. The highest BCUT2D eigenvalue weighted by Gasteiger charge is 2.31. The number of carbonyl (C=O) groups excluding carboxylic acids is 1. The van der Waals surface area contributed by atoms with Gasteiger partial charge in [0.2, 0.25) is 5.91 Å². The lowest BCUT2D eigenvalue weighted by atomic mass is 9.79. The summed E-state index contributed by atoms with van der Waals surface area (Å²) in [4.78, 5) is 12.0. The number of hydrogen-bond acceptors (Lipinski definition) is 2. The lowest BCUT2D eigenvalue weighted by Crippen LogP contribution is -2.42. The zero-order valence-electron chi connectivity index (χ0n) is 11.7. The zero-order valence-corrected chi connectivity index (χ0v) is 11.7. The summed E-state index contributed by atoms with van der Waals surface area (Å²) in [6.45, 7) is 2.83. The van der Waals surface area contributed by atoms with E-state index < -0.39 is 0 Å². The third-order valence-electron chi connectivity index (χ3n) is 4.75. The van der Waals surface area contributed by atoms with Crippen LogP contribution in [0.1, 0.15) is 58.3 Å². The van der Waals surface area contributed by atoms with E-state index in [2.05, 4.69) is 12.2 Å². The van der Waals surface area contributed by atoms with E-state index in [9.17, 15) is 4.79 Å². The van der Waals surface area contributed by atoms with Gasteiger partial charge in [0.1, 0.15) is 0 Å². The lowest BCUT2D eigenvalue weighted by Gasteiger charge is -2.27. The van der Waals surface area contributed by atoms with Gasteiger partial charge in [-0.25, -0.2) is 0 Å². The van der Waals surface area contributed by atoms with Crippen molar-refractivity contribution >= 4 is 5.91 Å². The quantitative estimate of drug-likeness (QED) is 0.763. The minimum atomic E-state index is 0.218. The van der Waals surface area contributed by atoms with Crippen molar-refractivity contribution in [3.8, 4) is 0 Å². The van der Waals surface area contributed by atoms with Gasteiger partial charge in [0.25, 0.3) is 0 Å². The van der Waals surface area contributed by atoms with E-state index in [1.807, 2.05) is 0 Å². The number of nitrogens with two attached hydrogens (primary N) is 1. The Morgan fingerprint density at radius 3 is 2.39 bits per heavy atom. The molecule has 3 heteroatoms. The SMILES string of the molecule is CC(CC(=O)NC(CN)C1CC1)C1CCCCC1. The molecule has 2 fully saturated rings. The summed E-state index contributed by atoms with van der Waals surface area (Å²) in [5.41, 5.74) is 5.72. The fourth-order valence-corrected chi connectivity index (χ4v) is 3.30. The van der Waals surface area contributed by atoms with E-state index >= 15 is 0 Å². The molecule has 2 unspecified atom stereocenters. The average Bonchev–Trinajstić information content (AvgIpc) is 3.21. The number of carbonyl (C=O) groups is 1. The molecule has 2 aliphatic carbocycles. The maximum Gasteiger partial charge on any atom is 0.220 e. The van der Waals surface area contributed by atoms with E-state index in [-0.39, 0.29) is 11.9 Å². The van der Waals surface area contributed by atoms with Gasteiger partial charge in [-0.1, -0.05) is 39.0 Å². The second-order valence-electron chi connectivity index (χ2n) is 6.33. The molecule has 0 aromatic carbocycles. The van der Waals surface area contributed by atoms with Crippen LogP contribution in [0.2, 0.25) is 0 Å². The van der Waals surface area contributed by atoms with Crippen molar-refractivity contribution in [1.29, 1.82) is 0 Å². The Morgan fingerprint density at radius 1 is 1.17 bits per heavy atom. The van der Waals surface area contributed by atoms with Gasteiger partial charge in [0, 0.05) is 19.0 Å². The molecule has 0 heterocycles. The Labute approximate surface area is 111 Å². The number of rotatable bonds is 6. The van der Waals surface area contributed by atoms with Gasteiger partial charge in [-0.3, -0.25) is 4.79 Å². The van der Waals surface area contributed by atoms with Crippen molar-refractivity contribution in [2.24, 2.45) is 23.5 Å². The van der Waals surface area contributed by atoms with Crippen LogP contribution in [-0.4, -0.2) is 18.5 Å². The highest BCUT2D eigenvalue weighted by Crippen LogP contribution is 2.33. The van der Waals surface area contributed by atoms with Gasteiger partial charge in [-0.05, 0) is 30.6 Å². The highest BCUT2D eigenvalue weighted by atomic mass is 16.1. The Morgan fingerprint density at radius 2 is 1.83 bits per heavy atom. The van der Waals surface area contributed by atoms with Crippen molar-refractivity contribution < 1.29 is 4.79 Å². The molecule has 0 bridgehead atoms. The first-order valence-corrected chi connectivity index (χ1v) is 7.70. The summed E-state index contributed by atoms with van der Waals surface area (Å²) in [5.74, 6) is 2.17. The van der Waals surface area contributed by atoms with Crippen LogP contribution < -0.4 is 11.1 Å². The average molecular weight is 252 g/mol. The van der Waals surface area contributed by atoms with E-state index in [0.29, 0.717) is 24.8 Å². The molecule has 18 heavy (non-hydrogen) atoms. The third-order valence-corrected chi connectivity index (χ3v) is 4.75. The summed E-state index contributed by atoms with van der Waals surface area (Å²) >= 11 is 0. The molecule has 0 aliphatic heterocycles. The number of nitrogens with one attached hydrogen (secondary N) is 1. The van der Waals surface area contributed by atoms with Gasteiger partial charge in [0.15, 0.2) is 0 Å². The molecule has 2 saturated carbocycles. The van der Waals surface area contributed by atoms with Crippen molar-refractivity contribution in [1.82, 2.24) is 5.32 Å². The second kappa shape index (κ2) is 6.55. The summed E-state index contributed by atoms with van der Waals surface area (Å²) in [6, 6.07) is 0.232. The molecule has 1 amide bonds. The van der Waals surface area contributed by atoms with Gasteiger partial charge in [-0.2, -0.15) is 0 Å². The molecule has 3 N–H and O–H groups in total. The minimum Gasteiger partial charge on any atom is -0.352 e. The van der Waals surface area contributed by atoms with Crippen LogP contribution >= 0.6 is 0 Å². The maximum absolute atomic E-state index is 12.0. The summed E-state index contributed by atoms with van der Waals surface area (Å²) in [7, 11) is 0. The molecular weight excluding hydrogens is 224 g/mol. The summed E-state index contributed by atoms with van der Waals surface area (Å²) < 4.78 is 0. The predicted molar refractivity (Wildman–Crippen MR) is 74.1 cm³/mol. The highest BCUT2D eigenvalue weighted by molar-refractivity contribution is 5.76. The maximum atomic E-state index is 12.0. The first kappa shape index (κ1) is 13.9. The minimum absolute atomic E-state index is 0.218. The van der Waals surface area contributed by atoms with Crippen LogP contribution in [0.3, 0.4) is 0 Å². The summed E-state index contributed by atoms with van der Waals surface area (Å²) in [6.07, 6.45) is 9.88. The van der Waals surface area contributed by atoms with Crippen molar-refractivity contribution in [3.63, 3.8) is 0 Å². The van der Waals surface area contributed by atoms with Crippen LogP contribution in [0, 0.1) is 17.8 Å². The van der Waals surface area contributed by atoms with Gasteiger partial charge >= 0.3 is 0 Å². The van der Waals surface area contributed by atoms with Crippen LogP contribution in [-0.2, 0) is 4.79 Å². The summed E-state index contributed by atoms with van der Waals surface area (Å²) in [5, 5.41) is 3.13. The first-order valence-electron chi connectivity index (χ1n) is 7.70. The number of amides is 1. The zero-order chi connectivity index (χ0) is 13.0. The van der Waals surface area contributed by atoms with Crippen molar-refractivity contribution in [2.75, 3.05) is 6.54 Å². The molecule has 104 valence electrons. The first-order chi connectivity index (χ1) is 8.70. The van der Waals surface area contributed by atoms with E-state index in [0.717, 1.165) is 5.92 Å². The van der Waals surface area contributed by atoms with Crippen LogP contribution in [0.15, 0.2) is 0 Å². The van der Waals surface area contributed by atoms with Gasteiger partial charge in [0.05, 0.1) is 0 Å². The fraction of sp³-hybridized carbons (Fsp3) is 0.933. The Kier molecular flexibility index (Phi) is 5.04. The van der Waals surface area contributed by atoms with Gasteiger partial charge in [-0.15, -0.1) is 0 Å². The molecule has 2 rings (SSSR count). The molecule has 0 spiro atoms. The van der Waals surface area contributed by atoms with E-state index in [4.69, 9.17) is 5.73 Å². The smallest absolute Gasteiger partial charge is 0.220 e. The predicted octanol–water partition coefficient (Wildman–Crippen LogP) is 2.45. The van der Waals surface area contributed by atoms with Crippen LogP contribution in [0.25, 0.3) is 0 Å². The number of hydrogen-bond donors (Lipinski definition) is 2. The van der Waals surface area contributed by atoms with Crippen LogP contribution in [0.5, 0.6) is 0 Å². The van der Waals surface area contributed by atoms with Crippen LogP contribution in [0.4, 0.5) is 0 Å². The van der Waals surface area contributed by atoms with Crippen molar-refractivity contribution in [2.45, 2.75) is 64.3 Å². The molecule has 3 nitrogen and oxygen atoms in total. The van der Waals surface area contributed by atoms with Crippen molar-refractivity contribution in [3.05, 3.63) is 0 Å². The largest absolute Gasteiger partial charge is 0.352 e. The third kappa shape index (κ3) is 3.98. The monoisotopic (exact) mass is 252 g/mol. The molecule has 0 saturated heterocycles. The van der Waals surface area contributed by atoms with E-state index in [1.165, 1.54) is 44.9 Å². The molecular formula is C15H28N2O. The Balaban J connectivity index is 1.71. The Hall–Kier alpha value is -0.570. The molecule has 0 aromatic heterocycles. The van der Waals surface area contributed by atoms with Gasteiger partial charge < -0.3 is 11.1 Å². The fourth-order valence-electron chi connectivity index (χ4n) is 3.30. The Bertz CT molecular complexity index is 270. The molecule has 2 aliphatic rings. The second-order valence-corrected chi connectivity index (χ2v) is 6.33. The standard InChI is InChI=1S/C15H28N2O/c1-11(12-5-3-2-4-6-12)9-15(18)17-14(10-16)13-7-8-13/h11-14H,2-10,16H2,1H3,(H,17,18). The molecule has 0 aromatic rings. The molecule has 0 radical (unpaired) electrons.